The molecule has 1 aromatic rings. The van der Waals surface area contributed by atoms with Crippen LogP contribution in [0.25, 0.3) is 0 Å². The van der Waals surface area contributed by atoms with Gasteiger partial charge in [0.05, 0.1) is 18.5 Å². The van der Waals surface area contributed by atoms with Crippen LogP contribution in [-0.4, -0.2) is 33.0 Å². The Balaban J connectivity index is 1.70. The van der Waals surface area contributed by atoms with E-state index in [0.717, 1.165) is 5.69 Å². The topological polar surface area (TPSA) is 49.4 Å². The van der Waals surface area contributed by atoms with Crippen LogP contribution in [0.2, 0.25) is 0 Å². The van der Waals surface area contributed by atoms with Crippen molar-refractivity contribution in [3.63, 3.8) is 0 Å². The van der Waals surface area contributed by atoms with Gasteiger partial charge in [0.1, 0.15) is 0 Å². The Morgan fingerprint density at radius 3 is 2.13 bits per heavy atom. The molecule has 1 aliphatic heterocycles. The summed E-state index contributed by atoms with van der Waals surface area (Å²) in [5, 5.41) is 3.21. The fourth-order valence-electron chi connectivity index (χ4n) is 3.34. The first kappa shape index (κ1) is 17.0. The van der Waals surface area contributed by atoms with Crippen molar-refractivity contribution < 1.29 is 9.59 Å². The summed E-state index contributed by atoms with van der Waals surface area (Å²) in [4.78, 5) is 27.0. The van der Waals surface area contributed by atoms with Crippen LogP contribution in [0.3, 0.4) is 0 Å². The molecule has 1 heterocycles. The number of aryl methyl sites for hydroxylation is 2. The predicted octanol–water partition coefficient (Wildman–Crippen LogP) is 3.59. The predicted molar refractivity (Wildman–Crippen MR) is 97.9 cm³/mol. The zero-order valence-electron chi connectivity index (χ0n) is 13.2. The molecule has 23 heavy (non-hydrogen) atoms. The zero-order valence-corrected chi connectivity index (χ0v) is 16.4. The molecule has 0 unspecified atom stereocenters. The second-order valence-electron chi connectivity index (χ2n) is 6.45. The highest BCUT2D eigenvalue weighted by atomic mass is 79.9. The number of carbonyl (C=O) groups is 2. The van der Waals surface area contributed by atoms with E-state index in [0.29, 0.717) is 12.8 Å². The molecular formula is C17H20Br2N2O2. The molecule has 1 saturated heterocycles. The van der Waals surface area contributed by atoms with Gasteiger partial charge in [0.25, 0.3) is 0 Å². The highest BCUT2D eigenvalue weighted by Crippen LogP contribution is 2.43. The van der Waals surface area contributed by atoms with Crippen molar-refractivity contribution in [1.29, 1.82) is 0 Å². The lowest BCUT2D eigenvalue weighted by Crippen LogP contribution is -2.35. The van der Waals surface area contributed by atoms with Gasteiger partial charge in [0.2, 0.25) is 11.8 Å². The second kappa shape index (κ2) is 6.55. The van der Waals surface area contributed by atoms with Gasteiger partial charge in [-0.15, -0.1) is 0 Å². The quantitative estimate of drug-likeness (QED) is 0.573. The molecule has 4 nitrogen and oxygen atoms in total. The molecule has 1 saturated carbocycles. The largest absolute Gasteiger partial charge is 0.367 e. The number of alkyl halides is 2. The van der Waals surface area contributed by atoms with Gasteiger partial charge in [-0.2, -0.15) is 0 Å². The molecule has 2 amide bonds. The van der Waals surface area contributed by atoms with Crippen molar-refractivity contribution >= 4 is 49.4 Å². The third-order valence-electron chi connectivity index (χ3n) is 4.95. The fraction of sp³-hybridized carbons (Fsp3) is 0.529. The van der Waals surface area contributed by atoms with Gasteiger partial charge < -0.3 is 5.32 Å². The van der Waals surface area contributed by atoms with E-state index in [1.165, 1.54) is 16.0 Å². The monoisotopic (exact) mass is 442 g/mol. The van der Waals surface area contributed by atoms with Crippen molar-refractivity contribution in [3.8, 4) is 0 Å². The normalized spacial score (nSPS) is 30.5. The number of benzene rings is 1. The lowest BCUT2D eigenvalue weighted by atomic mass is 9.81. The molecule has 1 N–H and O–H groups in total. The Morgan fingerprint density at radius 2 is 1.61 bits per heavy atom. The SMILES string of the molecule is Cc1ccc(NCN2C(=O)[C@H]3C[C@@H](Br)[C@@H](Br)C[C@@H]3C2=O)cc1C. The van der Waals surface area contributed by atoms with Crippen LogP contribution in [0.1, 0.15) is 24.0 Å². The van der Waals surface area contributed by atoms with Gasteiger partial charge >= 0.3 is 0 Å². The summed E-state index contributed by atoms with van der Waals surface area (Å²) in [5.41, 5.74) is 3.34. The van der Waals surface area contributed by atoms with Crippen LogP contribution < -0.4 is 5.32 Å². The molecule has 0 radical (unpaired) electrons. The van der Waals surface area contributed by atoms with Gasteiger partial charge in [-0.1, -0.05) is 37.9 Å². The number of hydrogen-bond acceptors (Lipinski definition) is 3. The molecule has 4 atom stereocenters. The van der Waals surface area contributed by atoms with Crippen LogP contribution in [0.15, 0.2) is 18.2 Å². The first-order chi connectivity index (χ1) is 10.9. The van der Waals surface area contributed by atoms with E-state index in [2.05, 4.69) is 44.1 Å². The number of halogens is 2. The fourth-order valence-corrected chi connectivity index (χ4v) is 4.58. The molecule has 0 spiro atoms. The molecule has 0 bridgehead atoms. The van der Waals surface area contributed by atoms with E-state index in [4.69, 9.17) is 0 Å². The zero-order chi connectivity index (χ0) is 16.7. The van der Waals surface area contributed by atoms with E-state index >= 15 is 0 Å². The number of nitrogens with one attached hydrogen (secondary N) is 1. The Labute approximate surface area is 153 Å². The van der Waals surface area contributed by atoms with Gasteiger partial charge in [0.15, 0.2) is 0 Å². The summed E-state index contributed by atoms with van der Waals surface area (Å²) in [7, 11) is 0. The van der Waals surface area contributed by atoms with Crippen molar-refractivity contribution in [2.45, 2.75) is 36.3 Å². The maximum Gasteiger partial charge on any atom is 0.234 e. The third kappa shape index (κ3) is 3.20. The smallest absolute Gasteiger partial charge is 0.234 e. The maximum absolute atomic E-state index is 12.6. The molecular weight excluding hydrogens is 424 g/mol. The lowest BCUT2D eigenvalue weighted by molar-refractivity contribution is -0.139. The Morgan fingerprint density at radius 1 is 1.04 bits per heavy atom. The number of hydrogen-bond donors (Lipinski definition) is 1. The second-order valence-corrected chi connectivity index (χ2v) is 8.81. The maximum atomic E-state index is 12.6. The Bertz CT molecular complexity index is 621. The summed E-state index contributed by atoms with van der Waals surface area (Å²) >= 11 is 7.21. The van der Waals surface area contributed by atoms with Gasteiger partial charge in [-0.25, -0.2) is 0 Å². The van der Waals surface area contributed by atoms with E-state index in [9.17, 15) is 9.59 Å². The molecule has 0 aromatic heterocycles. The summed E-state index contributed by atoms with van der Waals surface area (Å²) in [5.74, 6) is -0.440. The van der Waals surface area contributed by atoms with Crippen LogP contribution in [-0.2, 0) is 9.59 Å². The molecule has 2 fully saturated rings. The number of carbonyl (C=O) groups excluding carboxylic acids is 2. The van der Waals surface area contributed by atoms with Crippen LogP contribution in [0.4, 0.5) is 5.69 Å². The number of amides is 2. The van der Waals surface area contributed by atoms with E-state index in [-0.39, 0.29) is 40.0 Å². The minimum atomic E-state index is -0.178. The number of fused-ring (bicyclic) bond motifs is 1. The summed E-state index contributed by atoms with van der Waals surface area (Å²) in [6.45, 7) is 4.35. The Kier molecular flexibility index (Phi) is 4.83. The third-order valence-corrected chi connectivity index (χ3v) is 7.68. The summed E-state index contributed by atoms with van der Waals surface area (Å²) < 4.78 is 0. The van der Waals surface area contributed by atoms with Crippen molar-refractivity contribution in [3.05, 3.63) is 29.3 Å². The molecule has 2 aliphatic rings. The van der Waals surface area contributed by atoms with Crippen LogP contribution in [0.5, 0.6) is 0 Å². The average molecular weight is 444 g/mol. The van der Waals surface area contributed by atoms with Crippen molar-refractivity contribution in [1.82, 2.24) is 4.90 Å². The van der Waals surface area contributed by atoms with Crippen LogP contribution >= 0.6 is 31.9 Å². The summed E-state index contributed by atoms with van der Waals surface area (Å²) in [6.07, 6.45) is 1.43. The first-order valence-electron chi connectivity index (χ1n) is 7.83. The molecule has 1 aliphatic carbocycles. The molecule has 124 valence electrons. The van der Waals surface area contributed by atoms with E-state index < -0.39 is 0 Å². The van der Waals surface area contributed by atoms with E-state index in [1.807, 2.05) is 25.1 Å². The molecule has 1 aromatic carbocycles. The minimum Gasteiger partial charge on any atom is -0.367 e. The molecule has 3 rings (SSSR count). The Hall–Kier alpha value is -0.880. The van der Waals surface area contributed by atoms with Gasteiger partial charge in [0, 0.05) is 15.3 Å². The molecule has 6 heteroatoms. The minimum absolute atomic E-state index is 0.0415. The van der Waals surface area contributed by atoms with Crippen molar-refractivity contribution in [2.24, 2.45) is 11.8 Å². The lowest BCUT2D eigenvalue weighted by Gasteiger charge is -2.29. The summed E-state index contributed by atoms with van der Waals surface area (Å²) in [6, 6.07) is 6.05. The number of nitrogens with zero attached hydrogens (tertiary/aromatic N) is 1. The van der Waals surface area contributed by atoms with E-state index in [1.54, 1.807) is 0 Å². The number of likely N-dealkylation sites (tertiary alicyclic amines) is 1. The van der Waals surface area contributed by atoms with Gasteiger partial charge in [-0.3, -0.25) is 14.5 Å². The number of anilines is 1. The van der Waals surface area contributed by atoms with Crippen LogP contribution in [0, 0.1) is 25.7 Å². The number of rotatable bonds is 3. The van der Waals surface area contributed by atoms with Crippen molar-refractivity contribution in [2.75, 3.05) is 12.0 Å². The first-order valence-corrected chi connectivity index (χ1v) is 9.66. The number of imide groups is 1. The highest BCUT2D eigenvalue weighted by Gasteiger charge is 2.51. The average Bonchev–Trinajstić information content (AvgIpc) is 2.73. The standard InChI is InChI=1S/C17H20Br2N2O2/c1-9-3-4-11(5-10(9)2)20-8-21-16(22)12-6-14(18)15(19)7-13(12)17(21)23/h3-5,12-15,20H,6-8H2,1-2H3/t12-,13-,14-,15+/m0/s1. The highest BCUT2D eigenvalue weighted by molar-refractivity contribution is 9.12. The van der Waals surface area contributed by atoms with Gasteiger partial charge in [-0.05, 0) is 49.9 Å².